The summed E-state index contributed by atoms with van der Waals surface area (Å²) in [4.78, 5) is 12.6. The summed E-state index contributed by atoms with van der Waals surface area (Å²) in [6.07, 6.45) is -0.301. The minimum atomic E-state index is -0.0878. The topological polar surface area (TPSA) is 143 Å². The first kappa shape index (κ1) is 33.5. The molecule has 0 radical (unpaired) electrons. The van der Waals surface area contributed by atoms with Crippen LogP contribution in [-0.4, -0.2) is 147 Å². The molecule has 0 aromatic rings. The maximum absolute atomic E-state index is 9.03. The molecule has 0 bridgehead atoms. The van der Waals surface area contributed by atoms with Gasteiger partial charge in [-0.05, 0) is 27.7 Å². The van der Waals surface area contributed by atoms with Gasteiger partial charge in [-0.1, -0.05) is 0 Å². The van der Waals surface area contributed by atoms with E-state index in [-0.39, 0.29) is 77.3 Å². The standard InChI is InChI=1S/C22H48N2O10/c1-19(29-9-7-25)15-23(16-20(2)30-10-8-26)5-6-24(17-21(3)31-11-13-33-27)18-22(4)32-12-14-34-28/h19-22,25-28H,5-18H2,1-4H3. The van der Waals surface area contributed by atoms with Crippen molar-refractivity contribution in [2.24, 2.45) is 0 Å². The van der Waals surface area contributed by atoms with Crippen molar-refractivity contribution in [1.29, 1.82) is 0 Å². The number of hydrogen-bond donors (Lipinski definition) is 4. The van der Waals surface area contributed by atoms with Crippen molar-refractivity contribution in [3.8, 4) is 0 Å². The van der Waals surface area contributed by atoms with E-state index in [1.807, 2.05) is 27.7 Å². The molecule has 4 atom stereocenters. The molecule has 0 spiro atoms. The second kappa shape index (κ2) is 23.0. The van der Waals surface area contributed by atoms with Crippen molar-refractivity contribution < 1.29 is 49.5 Å². The molecule has 4 N–H and O–H groups in total. The molecule has 0 aliphatic carbocycles. The molecule has 0 aliphatic rings. The Morgan fingerprint density at radius 1 is 0.500 bits per heavy atom. The first-order valence-corrected chi connectivity index (χ1v) is 12.0. The molecule has 0 saturated carbocycles. The zero-order valence-corrected chi connectivity index (χ0v) is 21.3. The van der Waals surface area contributed by atoms with Crippen LogP contribution >= 0.6 is 0 Å². The third kappa shape index (κ3) is 19.8. The lowest BCUT2D eigenvalue weighted by Gasteiger charge is -2.33. The Hall–Kier alpha value is -0.480. The van der Waals surface area contributed by atoms with Gasteiger partial charge in [0, 0.05) is 39.3 Å². The predicted octanol–water partition coefficient (Wildman–Crippen LogP) is 0.175. The van der Waals surface area contributed by atoms with E-state index in [9.17, 15) is 0 Å². The van der Waals surface area contributed by atoms with Crippen molar-refractivity contribution in [1.82, 2.24) is 9.80 Å². The molecule has 4 unspecified atom stereocenters. The van der Waals surface area contributed by atoms with Crippen molar-refractivity contribution >= 4 is 0 Å². The number of aliphatic hydroxyl groups is 2. The number of ether oxygens (including phenoxy) is 4. The van der Waals surface area contributed by atoms with E-state index in [4.69, 9.17) is 39.7 Å². The molecule has 0 saturated heterocycles. The van der Waals surface area contributed by atoms with Gasteiger partial charge >= 0.3 is 0 Å². The fraction of sp³-hybridized carbons (Fsp3) is 1.00. The lowest BCUT2D eigenvalue weighted by molar-refractivity contribution is -0.251. The molecule has 0 aliphatic heterocycles. The second-order valence-corrected chi connectivity index (χ2v) is 8.36. The van der Waals surface area contributed by atoms with E-state index in [0.29, 0.717) is 26.2 Å². The second-order valence-electron chi connectivity index (χ2n) is 8.36. The van der Waals surface area contributed by atoms with Crippen molar-refractivity contribution in [2.45, 2.75) is 52.1 Å². The number of hydrogen-bond acceptors (Lipinski definition) is 12. The Kier molecular flexibility index (Phi) is 22.6. The van der Waals surface area contributed by atoms with E-state index < -0.39 is 0 Å². The quantitative estimate of drug-likeness (QED) is 0.0771. The largest absolute Gasteiger partial charge is 0.394 e. The molecule has 0 rings (SSSR count). The van der Waals surface area contributed by atoms with Gasteiger partial charge in [0.1, 0.15) is 13.2 Å². The van der Waals surface area contributed by atoms with Gasteiger partial charge in [0.05, 0.1) is 64.1 Å². The van der Waals surface area contributed by atoms with Gasteiger partial charge in [0.15, 0.2) is 0 Å². The molecular formula is C22H48N2O10. The third-order valence-corrected chi connectivity index (χ3v) is 4.93. The maximum atomic E-state index is 9.03. The Labute approximate surface area is 204 Å². The van der Waals surface area contributed by atoms with Crippen LogP contribution in [0.1, 0.15) is 27.7 Å². The lowest BCUT2D eigenvalue weighted by Crippen LogP contribution is -2.46. The van der Waals surface area contributed by atoms with Crippen LogP contribution in [0.25, 0.3) is 0 Å². The highest BCUT2D eigenvalue weighted by molar-refractivity contribution is 4.72. The average Bonchev–Trinajstić information content (AvgIpc) is 2.80. The van der Waals surface area contributed by atoms with Crippen LogP contribution in [0.5, 0.6) is 0 Å². The Bertz CT molecular complexity index is 404. The predicted molar refractivity (Wildman–Crippen MR) is 126 cm³/mol. The van der Waals surface area contributed by atoms with Crippen LogP contribution in [0.2, 0.25) is 0 Å². The zero-order chi connectivity index (χ0) is 25.6. The van der Waals surface area contributed by atoms with Crippen LogP contribution in [0.4, 0.5) is 0 Å². The summed E-state index contributed by atoms with van der Waals surface area (Å²) < 4.78 is 22.7. The van der Waals surface area contributed by atoms with Gasteiger partial charge < -0.3 is 29.2 Å². The van der Waals surface area contributed by atoms with Gasteiger partial charge in [0.25, 0.3) is 0 Å². The zero-order valence-electron chi connectivity index (χ0n) is 21.3. The SMILES string of the molecule is CC(CN(CCN(CC(C)OCCOO)CC(C)OCCOO)CC(C)OCCO)OCCO. The van der Waals surface area contributed by atoms with E-state index in [2.05, 4.69) is 19.6 Å². The Morgan fingerprint density at radius 3 is 1.06 bits per heavy atom. The fourth-order valence-electron chi connectivity index (χ4n) is 3.54. The molecule has 0 aromatic carbocycles. The third-order valence-electron chi connectivity index (χ3n) is 4.93. The highest BCUT2D eigenvalue weighted by Crippen LogP contribution is 2.06. The highest BCUT2D eigenvalue weighted by atomic mass is 17.1. The molecule has 34 heavy (non-hydrogen) atoms. The molecule has 206 valence electrons. The number of aliphatic hydroxyl groups excluding tert-OH is 2. The van der Waals surface area contributed by atoms with Crippen LogP contribution in [0.15, 0.2) is 0 Å². The summed E-state index contributed by atoms with van der Waals surface area (Å²) in [5, 5.41) is 35.1. The first-order valence-electron chi connectivity index (χ1n) is 12.0. The van der Waals surface area contributed by atoms with Crippen LogP contribution in [0.3, 0.4) is 0 Å². The van der Waals surface area contributed by atoms with E-state index in [0.717, 1.165) is 13.1 Å². The Balaban J connectivity index is 5.02. The van der Waals surface area contributed by atoms with Crippen molar-refractivity contribution in [3.05, 3.63) is 0 Å². The summed E-state index contributed by atoms with van der Waals surface area (Å²) in [6, 6.07) is 0. The smallest absolute Gasteiger partial charge is 0.105 e. The van der Waals surface area contributed by atoms with Crippen LogP contribution in [0, 0.1) is 0 Å². The monoisotopic (exact) mass is 500 g/mol. The molecule has 0 fully saturated rings. The fourth-order valence-corrected chi connectivity index (χ4v) is 3.54. The summed E-state index contributed by atoms with van der Waals surface area (Å²) in [5.41, 5.74) is 0. The van der Waals surface area contributed by atoms with Crippen LogP contribution in [-0.2, 0) is 28.7 Å². The van der Waals surface area contributed by atoms with Gasteiger partial charge in [0.2, 0.25) is 0 Å². The summed E-state index contributed by atoms with van der Waals surface area (Å²) >= 11 is 0. The maximum Gasteiger partial charge on any atom is 0.105 e. The summed E-state index contributed by atoms with van der Waals surface area (Å²) in [5.74, 6) is 0. The van der Waals surface area contributed by atoms with Crippen molar-refractivity contribution in [3.63, 3.8) is 0 Å². The molecule has 0 heterocycles. The van der Waals surface area contributed by atoms with E-state index in [1.165, 1.54) is 0 Å². The van der Waals surface area contributed by atoms with Gasteiger partial charge in [-0.15, -0.1) is 0 Å². The molecule has 0 aromatic heterocycles. The number of rotatable bonds is 25. The van der Waals surface area contributed by atoms with Crippen LogP contribution < -0.4 is 0 Å². The Morgan fingerprint density at radius 2 is 0.794 bits per heavy atom. The molecule has 12 heteroatoms. The highest BCUT2D eigenvalue weighted by Gasteiger charge is 2.19. The summed E-state index contributed by atoms with van der Waals surface area (Å²) in [6.45, 7) is 13.3. The normalized spacial score (nSPS) is 15.7. The number of nitrogens with zero attached hydrogens (tertiary/aromatic N) is 2. The van der Waals surface area contributed by atoms with E-state index in [1.54, 1.807) is 0 Å². The average molecular weight is 501 g/mol. The molecule has 0 amide bonds. The minimum absolute atomic E-state index is 0.0213. The lowest BCUT2D eigenvalue weighted by atomic mass is 10.2. The minimum Gasteiger partial charge on any atom is -0.394 e. The van der Waals surface area contributed by atoms with Gasteiger partial charge in [-0.3, -0.25) is 20.3 Å². The molecule has 12 nitrogen and oxygen atoms in total. The first-order chi connectivity index (χ1) is 16.4. The van der Waals surface area contributed by atoms with Gasteiger partial charge in [-0.25, -0.2) is 9.78 Å². The van der Waals surface area contributed by atoms with E-state index >= 15 is 0 Å². The van der Waals surface area contributed by atoms with Gasteiger partial charge in [-0.2, -0.15) is 0 Å². The summed E-state index contributed by atoms with van der Waals surface area (Å²) in [7, 11) is 0. The molecular weight excluding hydrogens is 452 g/mol. The van der Waals surface area contributed by atoms with Crippen molar-refractivity contribution in [2.75, 3.05) is 92.1 Å².